The van der Waals surface area contributed by atoms with E-state index >= 15 is 0 Å². The minimum Gasteiger partial charge on any atom is -0.497 e. The van der Waals surface area contributed by atoms with Crippen molar-refractivity contribution < 1.29 is 14.3 Å². The number of hydrogen-bond donors (Lipinski definition) is 1. The van der Waals surface area contributed by atoms with E-state index in [2.05, 4.69) is 5.32 Å². The zero-order chi connectivity index (χ0) is 11.8. The molecule has 4 nitrogen and oxygen atoms in total. The topological polar surface area (TPSA) is 47.6 Å². The molecule has 0 saturated heterocycles. The van der Waals surface area contributed by atoms with Crippen LogP contribution in [0, 0.1) is 0 Å². The number of ether oxygens (including phenoxy) is 2. The summed E-state index contributed by atoms with van der Waals surface area (Å²) in [5.41, 5.74) is 0. The van der Waals surface area contributed by atoms with Gasteiger partial charge in [0.1, 0.15) is 6.10 Å². The van der Waals surface area contributed by atoms with Gasteiger partial charge in [0.2, 0.25) is 5.91 Å². The van der Waals surface area contributed by atoms with Gasteiger partial charge >= 0.3 is 0 Å². The average molecular weight is 227 g/mol. The van der Waals surface area contributed by atoms with Gasteiger partial charge in [-0.2, -0.15) is 0 Å². The molecule has 16 heavy (non-hydrogen) atoms. The van der Waals surface area contributed by atoms with Crippen molar-refractivity contribution in [2.75, 3.05) is 13.2 Å². The zero-order valence-electron chi connectivity index (χ0n) is 10.1. The molecule has 0 saturated carbocycles. The lowest BCUT2D eigenvalue weighted by molar-refractivity contribution is -0.123. The molecule has 1 heterocycles. The quantitative estimate of drug-likeness (QED) is 0.750. The summed E-state index contributed by atoms with van der Waals surface area (Å²) in [6.45, 7) is 4.99. The van der Waals surface area contributed by atoms with Crippen LogP contribution in [-0.2, 0) is 14.3 Å². The Hall–Kier alpha value is -1.03. The van der Waals surface area contributed by atoms with Crippen molar-refractivity contribution in [3.8, 4) is 0 Å². The molecule has 0 aromatic carbocycles. The summed E-state index contributed by atoms with van der Waals surface area (Å²) in [6, 6.07) is 0. The van der Waals surface area contributed by atoms with Crippen molar-refractivity contribution in [2.45, 2.75) is 45.3 Å². The summed E-state index contributed by atoms with van der Waals surface area (Å²) in [4.78, 5) is 11.4. The molecule has 1 rings (SSSR count). The van der Waals surface area contributed by atoms with E-state index in [0.29, 0.717) is 19.6 Å². The molecule has 92 valence electrons. The zero-order valence-corrected chi connectivity index (χ0v) is 10.1. The molecular weight excluding hydrogens is 206 g/mol. The van der Waals surface area contributed by atoms with E-state index in [1.165, 1.54) is 0 Å². The highest BCUT2D eigenvalue weighted by Gasteiger charge is 2.12. The van der Waals surface area contributed by atoms with Crippen LogP contribution in [0.4, 0.5) is 0 Å². The molecule has 0 radical (unpaired) electrons. The molecular formula is C12H21NO3. The average Bonchev–Trinajstić information content (AvgIpc) is 2.27. The Morgan fingerprint density at radius 2 is 2.44 bits per heavy atom. The van der Waals surface area contributed by atoms with E-state index < -0.39 is 0 Å². The van der Waals surface area contributed by atoms with Crippen molar-refractivity contribution in [1.82, 2.24) is 5.32 Å². The molecule has 0 aromatic rings. The molecule has 4 heteroatoms. The van der Waals surface area contributed by atoms with Crippen molar-refractivity contribution >= 4 is 5.91 Å². The summed E-state index contributed by atoms with van der Waals surface area (Å²) in [5.74, 6) is 0.0267. The summed E-state index contributed by atoms with van der Waals surface area (Å²) in [5, 5.41) is 2.85. The maximum Gasteiger partial charge on any atom is 0.222 e. The molecule has 0 fully saturated rings. The van der Waals surface area contributed by atoms with Gasteiger partial charge in [0.15, 0.2) is 0 Å². The van der Waals surface area contributed by atoms with Crippen molar-refractivity contribution in [2.24, 2.45) is 0 Å². The molecule has 1 N–H and O–H groups in total. The molecule has 0 unspecified atom stereocenters. The highest BCUT2D eigenvalue weighted by molar-refractivity contribution is 5.75. The Bertz CT molecular complexity index is 238. The maximum atomic E-state index is 11.4. The molecule has 1 aliphatic heterocycles. The predicted octanol–water partition coefficient (Wildman–Crippen LogP) is 1.61. The third-order valence-electron chi connectivity index (χ3n) is 2.33. The second-order valence-electron chi connectivity index (χ2n) is 4.18. The largest absolute Gasteiger partial charge is 0.497 e. The van der Waals surface area contributed by atoms with Gasteiger partial charge < -0.3 is 14.8 Å². The van der Waals surface area contributed by atoms with Gasteiger partial charge in [-0.15, -0.1) is 0 Å². The van der Waals surface area contributed by atoms with Crippen molar-refractivity contribution in [1.29, 1.82) is 0 Å². The fraction of sp³-hybridized carbons (Fsp3) is 0.750. The summed E-state index contributed by atoms with van der Waals surface area (Å²) < 4.78 is 10.6. The van der Waals surface area contributed by atoms with Crippen molar-refractivity contribution in [3.05, 3.63) is 12.3 Å². The van der Waals surface area contributed by atoms with Crippen LogP contribution in [0.25, 0.3) is 0 Å². The molecule has 1 atom stereocenters. The first kappa shape index (κ1) is 13.0. The fourth-order valence-electron chi connectivity index (χ4n) is 1.44. The Morgan fingerprint density at radius 3 is 3.06 bits per heavy atom. The van der Waals surface area contributed by atoms with Crippen LogP contribution >= 0.6 is 0 Å². The third-order valence-corrected chi connectivity index (χ3v) is 2.33. The standard InChI is InChI=1S/C12H21NO3/c1-10(2)15-8-6-12(14)13-9-11-5-3-4-7-16-11/h4,7,10-11H,3,5-6,8-9H2,1-2H3,(H,13,14)/t11-/m0/s1. The van der Waals surface area contributed by atoms with Gasteiger partial charge in [-0.3, -0.25) is 4.79 Å². The summed E-state index contributed by atoms with van der Waals surface area (Å²) in [7, 11) is 0. The van der Waals surface area contributed by atoms with Gasteiger partial charge in [-0.25, -0.2) is 0 Å². The lowest BCUT2D eigenvalue weighted by Crippen LogP contribution is -2.34. The first-order valence-electron chi connectivity index (χ1n) is 5.87. The fourth-order valence-corrected chi connectivity index (χ4v) is 1.44. The highest BCUT2D eigenvalue weighted by Crippen LogP contribution is 2.08. The van der Waals surface area contributed by atoms with Crippen LogP contribution in [-0.4, -0.2) is 31.3 Å². The number of rotatable bonds is 6. The van der Waals surface area contributed by atoms with Gasteiger partial charge in [-0.05, 0) is 32.8 Å². The Kier molecular flexibility index (Phi) is 5.93. The van der Waals surface area contributed by atoms with Gasteiger partial charge in [0.05, 0.1) is 25.5 Å². The van der Waals surface area contributed by atoms with Gasteiger partial charge in [0.25, 0.3) is 0 Å². The van der Waals surface area contributed by atoms with E-state index in [0.717, 1.165) is 12.8 Å². The number of carbonyl (C=O) groups excluding carboxylic acids is 1. The maximum absolute atomic E-state index is 11.4. The first-order chi connectivity index (χ1) is 7.68. The number of nitrogens with one attached hydrogen (secondary N) is 1. The van der Waals surface area contributed by atoms with E-state index in [1.54, 1.807) is 6.26 Å². The lowest BCUT2D eigenvalue weighted by atomic mass is 10.1. The van der Waals surface area contributed by atoms with Crippen LogP contribution in [0.2, 0.25) is 0 Å². The number of amides is 1. The SMILES string of the molecule is CC(C)OCCC(=O)NC[C@@H]1CCC=CO1. The number of carbonyl (C=O) groups is 1. The van der Waals surface area contributed by atoms with Crippen LogP contribution < -0.4 is 5.32 Å². The van der Waals surface area contributed by atoms with E-state index in [4.69, 9.17) is 9.47 Å². The number of hydrogen-bond acceptors (Lipinski definition) is 3. The lowest BCUT2D eigenvalue weighted by Gasteiger charge is -2.19. The smallest absolute Gasteiger partial charge is 0.222 e. The highest BCUT2D eigenvalue weighted by atomic mass is 16.5. The Labute approximate surface area is 97.0 Å². The number of allylic oxidation sites excluding steroid dienone is 1. The summed E-state index contributed by atoms with van der Waals surface area (Å²) >= 11 is 0. The monoisotopic (exact) mass is 227 g/mol. The third kappa shape index (κ3) is 5.75. The van der Waals surface area contributed by atoms with Crippen LogP contribution in [0.1, 0.15) is 33.1 Å². The van der Waals surface area contributed by atoms with Crippen LogP contribution in [0.5, 0.6) is 0 Å². The van der Waals surface area contributed by atoms with E-state index in [9.17, 15) is 4.79 Å². The van der Waals surface area contributed by atoms with Crippen LogP contribution in [0.15, 0.2) is 12.3 Å². The summed E-state index contributed by atoms with van der Waals surface area (Å²) in [6.07, 6.45) is 6.42. The van der Waals surface area contributed by atoms with Crippen LogP contribution in [0.3, 0.4) is 0 Å². The molecule has 0 aromatic heterocycles. The Balaban J connectivity index is 2.03. The second-order valence-corrected chi connectivity index (χ2v) is 4.18. The minimum atomic E-state index is 0.0267. The van der Waals surface area contributed by atoms with Gasteiger partial charge in [0, 0.05) is 6.42 Å². The molecule has 0 bridgehead atoms. The molecule has 1 aliphatic rings. The van der Waals surface area contributed by atoms with E-state index in [-0.39, 0.29) is 18.1 Å². The molecule has 0 spiro atoms. The molecule has 1 amide bonds. The minimum absolute atomic E-state index is 0.0267. The van der Waals surface area contributed by atoms with Crippen molar-refractivity contribution in [3.63, 3.8) is 0 Å². The predicted molar refractivity (Wildman–Crippen MR) is 62.0 cm³/mol. The first-order valence-corrected chi connectivity index (χ1v) is 5.87. The molecule has 0 aliphatic carbocycles. The van der Waals surface area contributed by atoms with E-state index in [1.807, 2.05) is 19.9 Å². The Morgan fingerprint density at radius 1 is 1.62 bits per heavy atom. The normalized spacial score (nSPS) is 19.6. The second kappa shape index (κ2) is 7.28. The van der Waals surface area contributed by atoms with Gasteiger partial charge in [-0.1, -0.05) is 0 Å².